The summed E-state index contributed by atoms with van der Waals surface area (Å²) in [7, 11) is -3.31. The van der Waals surface area contributed by atoms with Gasteiger partial charge >= 0.3 is 12.0 Å². The maximum Gasteiger partial charge on any atom is 0.319 e. The average Bonchev–Trinajstić information content (AvgIpc) is 3.08. The van der Waals surface area contributed by atoms with Crippen LogP contribution in [0.3, 0.4) is 0 Å². The monoisotopic (exact) mass is 382 g/mol. The van der Waals surface area contributed by atoms with E-state index in [1.807, 2.05) is 0 Å². The van der Waals surface area contributed by atoms with Crippen LogP contribution in [0.25, 0.3) is 0 Å². The Morgan fingerprint density at radius 2 is 1.73 bits per heavy atom. The molecule has 8 heteroatoms. The highest BCUT2D eigenvalue weighted by Crippen LogP contribution is 2.30. The molecule has 0 unspecified atom stereocenters. The van der Waals surface area contributed by atoms with Gasteiger partial charge in [-0.2, -0.15) is 0 Å². The van der Waals surface area contributed by atoms with E-state index in [0.29, 0.717) is 24.9 Å². The third-order valence-electron chi connectivity index (χ3n) is 4.60. The van der Waals surface area contributed by atoms with E-state index in [1.54, 1.807) is 26.0 Å². The second-order valence-electron chi connectivity index (χ2n) is 7.33. The summed E-state index contributed by atoms with van der Waals surface area (Å²) in [5, 5.41) is 13.8. The highest BCUT2D eigenvalue weighted by molar-refractivity contribution is 7.92. The van der Waals surface area contributed by atoms with Gasteiger partial charge in [-0.05, 0) is 57.4 Å². The Morgan fingerprint density at radius 3 is 2.27 bits per heavy atom. The fraction of sp³-hybridized carbons (Fsp3) is 0.556. The second-order valence-corrected chi connectivity index (χ2v) is 9.56. The van der Waals surface area contributed by atoms with Gasteiger partial charge in [0.2, 0.25) is 0 Å². The third-order valence-corrected chi connectivity index (χ3v) is 6.88. The first kappa shape index (κ1) is 20.2. The first-order valence-electron chi connectivity index (χ1n) is 8.75. The molecule has 1 fully saturated rings. The molecule has 1 aromatic carbocycles. The molecule has 0 saturated heterocycles. The van der Waals surface area contributed by atoms with Crippen LogP contribution < -0.4 is 10.6 Å². The van der Waals surface area contributed by atoms with Gasteiger partial charge < -0.3 is 15.7 Å². The zero-order chi connectivity index (χ0) is 19.4. The van der Waals surface area contributed by atoms with Crippen molar-refractivity contribution in [2.75, 3.05) is 5.32 Å². The molecule has 1 aromatic rings. The van der Waals surface area contributed by atoms with Gasteiger partial charge in [-0.1, -0.05) is 12.8 Å². The van der Waals surface area contributed by atoms with Crippen molar-refractivity contribution >= 4 is 27.5 Å². The lowest BCUT2D eigenvalue weighted by Crippen LogP contribution is -2.45. The molecular formula is C18H26N2O5S. The molecule has 144 valence electrons. The molecule has 0 atom stereocenters. The van der Waals surface area contributed by atoms with Gasteiger partial charge in [-0.3, -0.25) is 4.79 Å². The highest BCUT2D eigenvalue weighted by atomic mass is 32.2. The Hall–Kier alpha value is -2.09. The molecule has 2 amide bonds. The Labute approximate surface area is 154 Å². The number of nitrogens with one attached hydrogen (secondary N) is 2. The maximum absolute atomic E-state index is 12.5. The summed E-state index contributed by atoms with van der Waals surface area (Å²) in [6.07, 6.45) is 3.56. The van der Waals surface area contributed by atoms with E-state index in [2.05, 4.69) is 10.6 Å². The molecule has 1 aliphatic rings. The first-order valence-corrected chi connectivity index (χ1v) is 10.3. The molecule has 0 bridgehead atoms. The maximum atomic E-state index is 12.5. The van der Waals surface area contributed by atoms with Gasteiger partial charge in [0.1, 0.15) is 0 Å². The van der Waals surface area contributed by atoms with Crippen molar-refractivity contribution in [1.29, 1.82) is 0 Å². The topological polar surface area (TPSA) is 113 Å². The van der Waals surface area contributed by atoms with E-state index in [9.17, 15) is 18.0 Å². The Kier molecular flexibility index (Phi) is 6.28. The Bertz CT molecular complexity index is 750. The number of benzene rings is 1. The molecule has 0 aliphatic heterocycles. The van der Waals surface area contributed by atoms with Crippen LogP contribution in [0.5, 0.6) is 0 Å². The van der Waals surface area contributed by atoms with Crippen LogP contribution in [-0.2, 0) is 14.6 Å². The largest absolute Gasteiger partial charge is 0.481 e. The molecule has 1 saturated carbocycles. The fourth-order valence-corrected chi connectivity index (χ4v) is 4.92. The number of hydrogen-bond acceptors (Lipinski definition) is 4. The molecule has 0 spiro atoms. The number of aliphatic carboxylic acids is 1. The predicted octanol–water partition coefficient (Wildman–Crippen LogP) is 3.17. The summed E-state index contributed by atoms with van der Waals surface area (Å²) in [5.74, 6) is -0.917. The summed E-state index contributed by atoms with van der Waals surface area (Å²) in [6, 6.07) is 5.68. The van der Waals surface area contributed by atoms with Crippen LogP contribution in [0.1, 0.15) is 52.4 Å². The van der Waals surface area contributed by atoms with Crippen LogP contribution in [0.4, 0.5) is 10.5 Å². The zero-order valence-corrected chi connectivity index (χ0v) is 15.9. The second kappa shape index (κ2) is 8.07. The van der Waals surface area contributed by atoms with Crippen LogP contribution in [0, 0.1) is 0 Å². The van der Waals surface area contributed by atoms with Crippen LogP contribution in [0.15, 0.2) is 29.2 Å². The number of sulfone groups is 1. The van der Waals surface area contributed by atoms with Gasteiger partial charge in [-0.25, -0.2) is 13.2 Å². The molecule has 7 nitrogen and oxygen atoms in total. The fourth-order valence-electron chi connectivity index (χ4n) is 3.07. The number of carbonyl (C=O) groups is 2. The van der Waals surface area contributed by atoms with Crippen molar-refractivity contribution in [3.8, 4) is 0 Å². The SMILES string of the molecule is CC(C)(CCC(=O)O)NC(=O)Nc1ccc(S(=O)(=O)C2CCCC2)cc1. The van der Waals surface area contributed by atoms with E-state index in [4.69, 9.17) is 5.11 Å². The van der Waals surface area contributed by atoms with Crippen molar-refractivity contribution in [3.05, 3.63) is 24.3 Å². The minimum Gasteiger partial charge on any atom is -0.481 e. The molecule has 0 radical (unpaired) electrons. The number of carboxylic acid groups (broad SMARTS) is 1. The zero-order valence-electron chi connectivity index (χ0n) is 15.1. The lowest BCUT2D eigenvalue weighted by atomic mass is 9.99. The van der Waals surface area contributed by atoms with E-state index in [1.165, 1.54) is 12.1 Å². The van der Waals surface area contributed by atoms with Crippen LogP contribution >= 0.6 is 0 Å². The van der Waals surface area contributed by atoms with Gasteiger partial charge in [0.25, 0.3) is 0 Å². The molecule has 26 heavy (non-hydrogen) atoms. The molecule has 0 heterocycles. The van der Waals surface area contributed by atoms with Crippen molar-refractivity contribution in [1.82, 2.24) is 5.32 Å². The number of anilines is 1. The molecule has 0 aromatic heterocycles. The van der Waals surface area contributed by atoms with Gasteiger partial charge in [0.15, 0.2) is 9.84 Å². The van der Waals surface area contributed by atoms with Gasteiger partial charge in [-0.15, -0.1) is 0 Å². The molecular weight excluding hydrogens is 356 g/mol. The van der Waals surface area contributed by atoms with Crippen molar-refractivity contribution in [2.45, 2.75) is 68.1 Å². The van der Waals surface area contributed by atoms with Crippen LogP contribution in [-0.4, -0.2) is 36.3 Å². The lowest BCUT2D eigenvalue weighted by molar-refractivity contribution is -0.137. The van der Waals surface area contributed by atoms with Crippen molar-refractivity contribution in [2.24, 2.45) is 0 Å². The predicted molar refractivity (Wildman–Crippen MR) is 99.0 cm³/mol. The average molecular weight is 382 g/mol. The summed E-state index contributed by atoms with van der Waals surface area (Å²) in [6.45, 7) is 3.49. The van der Waals surface area contributed by atoms with E-state index >= 15 is 0 Å². The van der Waals surface area contributed by atoms with Crippen LogP contribution in [0.2, 0.25) is 0 Å². The standard InChI is InChI=1S/C18H26N2O5S/c1-18(2,12-11-16(21)22)20-17(23)19-13-7-9-15(10-8-13)26(24,25)14-5-3-4-6-14/h7-10,14H,3-6,11-12H2,1-2H3,(H,21,22)(H2,19,20,23). The minimum atomic E-state index is -3.31. The number of rotatable bonds is 7. The quantitative estimate of drug-likeness (QED) is 0.670. The highest BCUT2D eigenvalue weighted by Gasteiger charge is 2.30. The number of hydrogen-bond donors (Lipinski definition) is 3. The summed E-state index contributed by atoms with van der Waals surface area (Å²) < 4.78 is 25.1. The van der Waals surface area contributed by atoms with Gasteiger partial charge in [0.05, 0.1) is 10.1 Å². The first-order chi connectivity index (χ1) is 12.1. The smallest absolute Gasteiger partial charge is 0.319 e. The van der Waals surface area contributed by atoms with Crippen molar-refractivity contribution < 1.29 is 23.1 Å². The minimum absolute atomic E-state index is 0.0407. The third kappa shape index (κ3) is 5.45. The molecule has 2 rings (SSSR count). The van der Waals surface area contributed by atoms with Crippen molar-refractivity contribution in [3.63, 3.8) is 0 Å². The van der Waals surface area contributed by atoms with E-state index in [0.717, 1.165) is 12.8 Å². The Balaban J connectivity index is 1.96. The molecule has 3 N–H and O–H groups in total. The van der Waals surface area contributed by atoms with E-state index < -0.39 is 27.4 Å². The summed E-state index contributed by atoms with van der Waals surface area (Å²) in [5.41, 5.74) is -0.198. The number of carbonyl (C=O) groups excluding carboxylic acids is 1. The number of amides is 2. The summed E-state index contributed by atoms with van der Waals surface area (Å²) >= 11 is 0. The molecule has 1 aliphatic carbocycles. The lowest BCUT2D eigenvalue weighted by Gasteiger charge is -2.25. The Morgan fingerprint density at radius 1 is 1.15 bits per heavy atom. The number of urea groups is 1. The normalized spacial score (nSPS) is 15.6. The van der Waals surface area contributed by atoms with E-state index in [-0.39, 0.29) is 16.6 Å². The summed E-state index contributed by atoms with van der Waals surface area (Å²) in [4.78, 5) is 23.0. The van der Waals surface area contributed by atoms with Gasteiger partial charge in [0, 0.05) is 17.6 Å². The number of carboxylic acids is 1.